The van der Waals surface area contributed by atoms with E-state index in [1.165, 1.54) is 23.8 Å². The van der Waals surface area contributed by atoms with Crippen LogP contribution in [-0.2, 0) is 14.2 Å². The highest BCUT2D eigenvalue weighted by atomic mass is 16.6. The van der Waals surface area contributed by atoms with Crippen LogP contribution in [0.15, 0.2) is 77.4 Å². The molecule has 2 aliphatic heterocycles. The summed E-state index contributed by atoms with van der Waals surface area (Å²) in [6, 6.07) is 16.9. The zero-order valence-corrected chi connectivity index (χ0v) is 24.1. The van der Waals surface area contributed by atoms with Crippen LogP contribution in [0.3, 0.4) is 0 Å². The third kappa shape index (κ3) is 5.15. The zero-order chi connectivity index (χ0) is 30.4. The lowest BCUT2D eigenvalue weighted by molar-refractivity contribution is -0.384. The standard InChI is InChI=1S/C33H33BN2O7/c1-3-20(16-21-12-13-28(37)25-10-5-4-9-24(21)25)11-14-29-30-19(2)15-26-31(27(30)18-34(40)43-29)33(39)35(32(26)38)22-7-6-8-23(17-22)36(41)42/h4-10,12-13,16-17,26-27,29,31,37,40H,3,11,14-15,18H2,1-2H3/b20-16+/t26-,27+,29-,31-/m1/s1. The molecule has 0 saturated carbocycles. The number of nitrogens with zero attached hydrogens (tertiary/aromatic N) is 2. The number of amides is 2. The van der Waals surface area contributed by atoms with Crippen molar-refractivity contribution in [3.63, 3.8) is 0 Å². The Bertz CT molecular complexity index is 1700. The van der Waals surface area contributed by atoms with Crippen LogP contribution in [-0.4, -0.2) is 40.1 Å². The normalized spacial score (nSPS) is 24.0. The fourth-order valence-corrected chi connectivity index (χ4v) is 7.24. The van der Waals surface area contributed by atoms with Crippen molar-refractivity contribution in [1.29, 1.82) is 0 Å². The largest absolute Gasteiger partial charge is 0.507 e. The number of nitro groups is 1. The fourth-order valence-electron chi connectivity index (χ4n) is 7.24. The molecule has 2 amide bonds. The van der Waals surface area contributed by atoms with Crippen molar-refractivity contribution in [3.05, 3.63) is 93.1 Å². The minimum atomic E-state index is -1.07. The Morgan fingerprint density at radius 1 is 1.09 bits per heavy atom. The zero-order valence-electron chi connectivity index (χ0n) is 24.1. The summed E-state index contributed by atoms with van der Waals surface area (Å²) in [7, 11) is -1.07. The number of phenols is 1. The van der Waals surface area contributed by atoms with Crippen LogP contribution in [0.25, 0.3) is 16.8 Å². The van der Waals surface area contributed by atoms with Crippen molar-refractivity contribution in [2.24, 2.45) is 17.8 Å². The monoisotopic (exact) mass is 580 g/mol. The number of non-ortho nitro benzene ring substituents is 1. The highest BCUT2D eigenvalue weighted by molar-refractivity contribution is 6.43. The lowest BCUT2D eigenvalue weighted by Crippen LogP contribution is -2.46. The molecule has 0 bridgehead atoms. The van der Waals surface area contributed by atoms with Gasteiger partial charge in [0.15, 0.2) is 0 Å². The second-order valence-corrected chi connectivity index (χ2v) is 11.7. The molecule has 0 spiro atoms. The summed E-state index contributed by atoms with van der Waals surface area (Å²) < 4.78 is 6.07. The molecule has 3 aromatic carbocycles. The van der Waals surface area contributed by atoms with E-state index in [-0.39, 0.29) is 41.2 Å². The van der Waals surface area contributed by atoms with Gasteiger partial charge in [0.05, 0.1) is 28.6 Å². The Morgan fingerprint density at radius 2 is 1.86 bits per heavy atom. The number of carbonyl (C=O) groups is 2. The van der Waals surface area contributed by atoms with E-state index in [9.17, 15) is 29.8 Å². The minimum Gasteiger partial charge on any atom is -0.507 e. The number of hydrogen-bond donors (Lipinski definition) is 2. The summed E-state index contributed by atoms with van der Waals surface area (Å²) in [5.74, 6) is -2.10. The summed E-state index contributed by atoms with van der Waals surface area (Å²) in [6.45, 7) is 4.06. The molecule has 0 radical (unpaired) electrons. The molecular weight excluding hydrogens is 547 g/mol. The van der Waals surface area contributed by atoms with Crippen molar-refractivity contribution in [1.82, 2.24) is 0 Å². The van der Waals surface area contributed by atoms with Gasteiger partial charge in [0, 0.05) is 17.5 Å². The summed E-state index contributed by atoms with van der Waals surface area (Å²) >= 11 is 0. The molecule has 2 saturated heterocycles. The topological polar surface area (TPSA) is 130 Å². The Morgan fingerprint density at radius 3 is 2.60 bits per heavy atom. The second kappa shape index (κ2) is 11.4. The summed E-state index contributed by atoms with van der Waals surface area (Å²) in [4.78, 5) is 39.3. The number of rotatable bonds is 7. The molecule has 0 unspecified atom stereocenters. The van der Waals surface area contributed by atoms with Crippen LogP contribution in [0.2, 0.25) is 6.32 Å². The van der Waals surface area contributed by atoms with Gasteiger partial charge in [0.25, 0.3) is 5.69 Å². The van der Waals surface area contributed by atoms with E-state index in [1.807, 2.05) is 37.3 Å². The number of phenolic OH excluding ortho intramolecular Hbond substituents is 1. The van der Waals surface area contributed by atoms with E-state index >= 15 is 0 Å². The van der Waals surface area contributed by atoms with Crippen LogP contribution in [0.4, 0.5) is 11.4 Å². The average Bonchev–Trinajstić information content (AvgIpc) is 3.25. The van der Waals surface area contributed by atoms with Crippen LogP contribution in [0.5, 0.6) is 5.75 Å². The molecule has 0 aromatic heterocycles. The summed E-state index contributed by atoms with van der Waals surface area (Å²) in [5, 5.41) is 34.2. The number of benzene rings is 3. The van der Waals surface area contributed by atoms with Gasteiger partial charge in [-0.2, -0.15) is 0 Å². The van der Waals surface area contributed by atoms with Gasteiger partial charge in [-0.25, -0.2) is 4.90 Å². The molecule has 220 valence electrons. The smallest absolute Gasteiger partial charge is 0.455 e. The van der Waals surface area contributed by atoms with Crippen LogP contribution in [0, 0.1) is 27.9 Å². The number of nitro benzene ring substituents is 1. The number of imide groups is 1. The summed E-state index contributed by atoms with van der Waals surface area (Å²) in [5.41, 5.74) is 4.19. The SMILES string of the molecule is CC/C(=C\c1ccc(O)c2ccccc12)CC[C@H]1OB(O)C[C@H]2C1=C(C)C[C@H]1C(=O)N(c3cccc([N+](=O)[O-])c3)C(=O)[C@H]12. The molecule has 1 aliphatic carbocycles. The Kier molecular flexibility index (Phi) is 7.66. The number of allylic oxidation sites excluding steroid dienone is 2. The first-order valence-electron chi connectivity index (χ1n) is 14.7. The van der Waals surface area contributed by atoms with Crippen molar-refractivity contribution >= 4 is 47.2 Å². The van der Waals surface area contributed by atoms with E-state index < -0.39 is 30.0 Å². The van der Waals surface area contributed by atoms with Gasteiger partial charge in [-0.1, -0.05) is 60.5 Å². The highest BCUT2D eigenvalue weighted by Crippen LogP contribution is 2.51. The molecule has 2 N–H and O–H groups in total. The first kappa shape index (κ1) is 28.8. The minimum absolute atomic E-state index is 0.190. The van der Waals surface area contributed by atoms with E-state index in [0.29, 0.717) is 19.3 Å². The third-order valence-electron chi connectivity index (χ3n) is 9.23. The first-order chi connectivity index (χ1) is 20.7. The number of hydrogen-bond acceptors (Lipinski definition) is 7. The molecule has 2 fully saturated rings. The maximum Gasteiger partial charge on any atom is 0.455 e. The molecule has 3 aromatic rings. The van der Waals surface area contributed by atoms with E-state index in [2.05, 4.69) is 13.0 Å². The molecule has 2 heterocycles. The number of carbonyl (C=O) groups excluding carboxylic acids is 2. The van der Waals surface area contributed by atoms with Gasteiger partial charge >= 0.3 is 7.12 Å². The van der Waals surface area contributed by atoms with E-state index in [1.54, 1.807) is 12.1 Å². The van der Waals surface area contributed by atoms with E-state index in [0.717, 1.165) is 38.8 Å². The molecule has 10 heteroatoms. The molecule has 3 aliphatic rings. The number of anilines is 1. The predicted molar refractivity (Wildman–Crippen MR) is 164 cm³/mol. The van der Waals surface area contributed by atoms with Crippen LogP contribution in [0.1, 0.15) is 45.1 Å². The lowest BCUT2D eigenvalue weighted by Gasteiger charge is -2.42. The van der Waals surface area contributed by atoms with Crippen molar-refractivity contribution in [2.75, 3.05) is 4.90 Å². The van der Waals surface area contributed by atoms with Gasteiger partial charge in [-0.3, -0.25) is 19.7 Å². The van der Waals surface area contributed by atoms with Crippen LogP contribution >= 0.6 is 0 Å². The van der Waals surface area contributed by atoms with Gasteiger partial charge in [-0.15, -0.1) is 0 Å². The summed E-state index contributed by atoms with van der Waals surface area (Å²) in [6.07, 6.45) is 4.46. The first-order valence-corrected chi connectivity index (χ1v) is 14.7. The van der Waals surface area contributed by atoms with Gasteiger partial charge in [-0.05, 0) is 73.5 Å². The molecule has 9 nitrogen and oxygen atoms in total. The second-order valence-electron chi connectivity index (χ2n) is 11.7. The maximum atomic E-state index is 13.8. The Labute approximate surface area is 249 Å². The quantitative estimate of drug-likeness (QED) is 0.114. The average molecular weight is 580 g/mol. The predicted octanol–water partition coefficient (Wildman–Crippen LogP) is 6.05. The van der Waals surface area contributed by atoms with Crippen LogP contribution < -0.4 is 4.90 Å². The molecular formula is C33H33BN2O7. The lowest BCUT2D eigenvalue weighted by atomic mass is 9.59. The Balaban J connectivity index is 1.26. The highest BCUT2D eigenvalue weighted by Gasteiger charge is 2.57. The maximum absolute atomic E-state index is 13.8. The number of fused-ring (bicyclic) bond motifs is 4. The molecule has 4 atom stereocenters. The fraction of sp³-hybridized carbons (Fsp3) is 0.333. The van der Waals surface area contributed by atoms with Crippen molar-refractivity contribution in [2.45, 2.75) is 52.0 Å². The Hall–Kier alpha value is -4.28. The van der Waals surface area contributed by atoms with Gasteiger partial charge in [0.2, 0.25) is 11.8 Å². The van der Waals surface area contributed by atoms with E-state index in [4.69, 9.17) is 4.65 Å². The van der Waals surface area contributed by atoms with Crippen molar-refractivity contribution < 1.29 is 29.3 Å². The molecule has 6 rings (SSSR count). The number of aromatic hydroxyl groups is 1. The van der Waals surface area contributed by atoms with Gasteiger partial charge in [0.1, 0.15) is 5.75 Å². The van der Waals surface area contributed by atoms with Crippen molar-refractivity contribution in [3.8, 4) is 5.75 Å². The third-order valence-corrected chi connectivity index (χ3v) is 9.23. The molecule has 43 heavy (non-hydrogen) atoms. The van der Waals surface area contributed by atoms with Gasteiger partial charge < -0.3 is 14.8 Å².